The Morgan fingerprint density at radius 2 is 1.71 bits per heavy atom. The van der Waals surface area contributed by atoms with Crippen LogP contribution in [0.2, 0.25) is 0 Å². The van der Waals surface area contributed by atoms with Crippen LogP contribution < -0.4 is 5.32 Å². The maximum Gasteiger partial charge on any atom is 0.0876 e. The van der Waals surface area contributed by atoms with Gasteiger partial charge < -0.3 is 5.32 Å². The number of hydrogen-bond donors (Lipinski definition) is 1. The van der Waals surface area contributed by atoms with Gasteiger partial charge in [-0.1, -0.05) is 42.5 Å². The minimum atomic E-state index is 0.952. The SMILES string of the molecule is c1ccc(CCCNc2ccccc2-n2cccn2)cc1. The molecule has 3 rings (SSSR count). The zero-order valence-corrected chi connectivity index (χ0v) is 11.9. The van der Waals surface area contributed by atoms with Crippen LogP contribution in [0.25, 0.3) is 5.69 Å². The second-order valence-corrected chi connectivity index (χ2v) is 4.98. The van der Waals surface area contributed by atoms with Gasteiger partial charge in [-0.2, -0.15) is 5.10 Å². The molecular weight excluding hydrogens is 258 g/mol. The smallest absolute Gasteiger partial charge is 0.0876 e. The number of nitrogens with zero attached hydrogens (tertiary/aromatic N) is 2. The van der Waals surface area contributed by atoms with E-state index in [2.05, 4.69) is 52.9 Å². The molecule has 0 amide bonds. The van der Waals surface area contributed by atoms with Crippen LogP contribution in [0, 0.1) is 0 Å². The number of para-hydroxylation sites is 2. The van der Waals surface area contributed by atoms with Gasteiger partial charge in [0.15, 0.2) is 0 Å². The summed E-state index contributed by atoms with van der Waals surface area (Å²) in [6, 6.07) is 20.8. The van der Waals surface area contributed by atoms with Crippen molar-refractivity contribution in [3.63, 3.8) is 0 Å². The van der Waals surface area contributed by atoms with E-state index >= 15 is 0 Å². The molecule has 0 saturated heterocycles. The average molecular weight is 277 g/mol. The highest BCUT2D eigenvalue weighted by Gasteiger charge is 2.03. The Labute approximate surface area is 125 Å². The van der Waals surface area contributed by atoms with Crippen LogP contribution in [0.1, 0.15) is 12.0 Å². The van der Waals surface area contributed by atoms with Crippen molar-refractivity contribution < 1.29 is 0 Å². The van der Waals surface area contributed by atoms with Gasteiger partial charge in [-0.15, -0.1) is 0 Å². The fraction of sp³-hybridized carbons (Fsp3) is 0.167. The first-order valence-electron chi connectivity index (χ1n) is 7.30. The monoisotopic (exact) mass is 277 g/mol. The summed E-state index contributed by atoms with van der Waals surface area (Å²) in [5.41, 5.74) is 3.59. The van der Waals surface area contributed by atoms with Crippen LogP contribution >= 0.6 is 0 Å². The summed E-state index contributed by atoms with van der Waals surface area (Å²) < 4.78 is 1.89. The first-order chi connectivity index (χ1) is 10.4. The van der Waals surface area contributed by atoms with E-state index in [0.29, 0.717) is 0 Å². The van der Waals surface area contributed by atoms with E-state index in [1.807, 2.05) is 29.1 Å². The summed E-state index contributed by atoms with van der Waals surface area (Å²) in [6.45, 7) is 0.952. The molecule has 21 heavy (non-hydrogen) atoms. The van der Waals surface area contributed by atoms with Crippen molar-refractivity contribution in [3.8, 4) is 5.69 Å². The summed E-state index contributed by atoms with van der Waals surface area (Å²) >= 11 is 0. The van der Waals surface area contributed by atoms with Crippen LogP contribution in [-0.2, 0) is 6.42 Å². The first kappa shape index (κ1) is 13.4. The summed E-state index contributed by atoms with van der Waals surface area (Å²) in [7, 11) is 0. The Hall–Kier alpha value is -2.55. The fourth-order valence-corrected chi connectivity index (χ4v) is 2.39. The lowest BCUT2D eigenvalue weighted by atomic mass is 10.1. The van der Waals surface area contributed by atoms with Crippen molar-refractivity contribution >= 4 is 5.69 Å². The molecule has 0 aliphatic heterocycles. The van der Waals surface area contributed by atoms with Crippen molar-refractivity contribution in [1.29, 1.82) is 0 Å². The topological polar surface area (TPSA) is 29.9 Å². The van der Waals surface area contributed by atoms with Crippen LogP contribution in [0.15, 0.2) is 73.1 Å². The van der Waals surface area contributed by atoms with Crippen LogP contribution in [0.3, 0.4) is 0 Å². The lowest BCUT2D eigenvalue weighted by Crippen LogP contribution is -2.07. The Morgan fingerprint density at radius 1 is 0.905 bits per heavy atom. The van der Waals surface area contributed by atoms with Crippen LogP contribution in [0.5, 0.6) is 0 Å². The molecule has 3 aromatic rings. The predicted molar refractivity (Wildman–Crippen MR) is 86.8 cm³/mol. The highest BCUT2D eigenvalue weighted by molar-refractivity contribution is 5.60. The van der Waals surface area contributed by atoms with Gasteiger partial charge in [-0.25, -0.2) is 4.68 Å². The summed E-state index contributed by atoms with van der Waals surface area (Å²) in [6.07, 6.45) is 5.96. The molecule has 0 radical (unpaired) electrons. The lowest BCUT2D eigenvalue weighted by Gasteiger charge is -2.12. The summed E-state index contributed by atoms with van der Waals surface area (Å²) in [4.78, 5) is 0. The molecule has 1 heterocycles. The van der Waals surface area contributed by atoms with Crippen LogP contribution in [0.4, 0.5) is 5.69 Å². The Balaban J connectivity index is 1.59. The van der Waals surface area contributed by atoms with Gasteiger partial charge in [0, 0.05) is 18.9 Å². The molecule has 0 unspecified atom stereocenters. The van der Waals surface area contributed by atoms with Gasteiger partial charge in [0.2, 0.25) is 0 Å². The zero-order chi connectivity index (χ0) is 14.3. The number of benzene rings is 2. The van der Waals surface area contributed by atoms with Gasteiger partial charge in [-0.3, -0.25) is 0 Å². The van der Waals surface area contributed by atoms with E-state index in [1.54, 1.807) is 6.20 Å². The Morgan fingerprint density at radius 3 is 2.52 bits per heavy atom. The van der Waals surface area contributed by atoms with E-state index in [-0.39, 0.29) is 0 Å². The largest absolute Gasteiger partial charge is 0.383 e. The van der Waals surface area contributed by atoms with Crippen molar-refractivity contribution in [2.24, 2.45) is 0 Å². The highest BCUT2D eigenvalue weighted by atomic mass is 15.3. The molecule has 0 saturated carbocycles. The van der Waals surface area contributed by atoms with E-state index < -0.39 is 0 Å². The second kappa shape index (κ2) is 6.75. The molecule has 1 N–H and O–H groups in total. The molecule has 0 aliphatic carbocycles. The highest BCUT2D eigenvalue weighted by Crippen LogP contribution is 2.18. The normalized spacial score (nSPS) is 10.5. The molecule has 3 heteroatoms. The van der Waals surface area contributed by atoms with E-state index in [1.165, 1.54) is 5.56 Å². The number of hydrogen-bond acceptors (Lipinski definition) is 2. The van der Waals surface area contributed by atoms with Gasteiger partial charge in [-0.05, 0) is 36.6 Å². The molecule has 3 nitrogen and oxygen atoms in total. The zero-order valence-electron chi connectivity index (χ0n) is 11.9. The van der Waals surface area contributed by atoms with Crippen molar-refractivity contribution in [1.82, 2.24) is 9.78 Å². The molecule has 0 aliphatic rings. The maximum absolute atomic E-state index is 4.30. The third-order valence-electron chi connectivity index (χ3n) is 3.46. The second-order valence-electron chi connectivity index (χ2n) is 4.98. The molecular formula is C18H19N3. The number of nitrogens with one attached hydrogen (secondary N) is 1. The first-order valence-corrected chi connectivity index (χ1v) is 7.30. The van der Waals surface area contributed by atoms with E-state index in [4.69, 9.17) is 0 Å². The summed E-state index contributed by atoms with van der Waals surface area (Å²) in [5, 5.41) is 7.81. The van der Waals surface area contributed by atoms with Crippen LogP contribution in [-0.4, -0.2) is 16.3 Å². The average Bonchev–Trinajstić information content (AvgIpc) is 3.07. The maximum atomic E-state index is 4.30. The van der Waals surface area contributed by atoms with Crippen molar-refractivity contribution in [2.75, 3.05) is 11.9 Å². The predicted octanol–water partition coefficient (Wildman–Crippen LogP) is 3.92. The minimum Gasteiger partial charge on any atom is -0.383 e. The Bertz CT molecular complexity index is 660. The van der Waals surface area contributed by atoms with Gasteiger partial charge in [0.1, 0.15) is 0 Å². The number of rotatable bonds is 6. The molecule has 106 valence electrons. The number of anilines is 1. The van der Waals surface area contributed by atoms with E-state index in [0.717, 1.165) is 30.8 Å². The lowest BCUT2D eigenvalue weighted by molar-refractivity contribution is 0.850. The molecule has 2 aromatic carbocycles. The number of aromatic nitrogens is 2. The summed E-state index contributed by atoms with van der Waals surface area (Å²) in [5.74, 6) is 0. The van der Waals surface area contributed by atoms with Gasteiger partial charge >= 0.3 is 0 Å². The third-order valence-corrected chi connectivity index (χ3v) is 3.46. The van der Waals surface area contributed by atoms with E-state index in [9.17, 15) is 0 Å². The minimum absolute atomic E-state index is 0.952. The fourth-order valence-electron chi connectivity index (χ4n) is 2.39. The van der Waals surface area contributed by atoms with Gasteiger partial charge in [0.25, 0.3) is 0 Å². The molecule has 0 bridgehead atoms. The molecule has 0 atom stereocenters. The molecule has 0 fully saturated rings. The van der Waals surface area contributed by atoms with Crippen molar-refractivity contribution in [3.05, 3.63) is 78.6 Å². The standard InChI is InChI=1S/C18H19N3/c1-2-8-16(9-3-1)10-6-13-19-17-11-4-5-12-18(17)21-15-7-14-20-21/h1-5,7-9,11-12,14-15,19H,6,10,13H2. The quantitative estimate of drug-likeness (QED) is 0.692. The third kappa shape index (κ3) is 3.51. The molecule has 0 spiro atoms. The Kier molecular flexibility index (Phi) is 4.32. The molecule has 1 aromatic heterocycles. The number of aryl methyl sites for hydroxylation is 1. The van der Waals surface area contributed by atoms with Gasteiger partial charge in [0.05, 0.1) is 11.4 Å². The van der Waals surface area contributed by atoms with Crippen molar-refractivity contribution in [2.45, 2.75) is 12.8 Å².